The molecule has 0 bridgehead atoms. The number of esters is 1. The molecule has 0 aromatic rings. The Kier molecular flexibility index (Phi) is 54.5. The van der Waals surface area contributed by atoms with Crippen molar-refractivity contribution in [2.45, 2.75) is 353 Å². The Balaban J connectivity index is 3.44. The number of amides is 1. The van der Waals surface area contributed by atoms with Crippen molar-refractivity contribution in [3.05, 3.63) is 0 Å². The number of carbonyl (C=O) groups excluding carboxylic acids is 2. The molecule has 0 saturated heterocycles. The summed E-state index contributed by atoms with van der Waals surface area (Å²) in [5.74, 6) is -0.0775. The Morgan fingerprint density at radius 3 is 0.938 bits per heavy atom. The topological polar surface area (TPSA) is 95.9 Å². The first kappa shape index (κ1) is 63.9. The third-order valence-electron chi connectivity index (χ3n) is 14.2. The van der Waals surface area contributed by atoms with E-state index in [0.29, 0.717) is 25.9 Å². The second kappa shape index (κ2) is 55.5. The Hall–Kier alpha value is -1.14. The molecule has 0 saturated carbocycles. The van der Waals surface area contributed by atoms with Crippen LogP contribution in [0.4, 0.5) is 0 Å². The molecule has 0 heterocycles. The Bertz CT molecular complexity index is 928. The second-order valence-electron chi connectivity index (χ2n) is 20.7. The average molecular weight is 921 g/mol. The molecule has 0 aliphatic carbocycles. The van der Waals surface area contributed by atoms with Gasteiger partial charge >= 0.3 is 5.97 Å². The van der Waals surface area contributed by atoms with E-state index in [1.54, 1.807) is 0 Å². The monoisotopic (exact) mass is 920 g/mol. The van der Waals surface area contributed by atoms with Crippen LogP contribution in [0.1, 0.15) is 341 Å². The normalized spacial score (nSPS) is 12.5. The quantitative estimate of drug-likeness (QED) is 0.0417. The molecule has 388 valence electrons. The molecule has 3 N–H and O–H groups in total. The zero-order chi connectivity index (χ0) is 47.2. The highest BCUT2D eigenvalue weighted by Gasteiger charge is 2.20. The lowest BCUT2D eigenvalue weighted by molar-refractivity contribution is -0.143. The van der Waals surface area contributed by atoms with Crippen LogP contribution in [0.3, 0.4) is 0 Å². The zero-order valence-electron chi connectivity index (χ0n) is 44.3. The number of aliphatic hydroxyl groups is 2. The molecule has 2 atom stereocenters. The molecule has 0 aromatic carbocycles. The highest BCUT2D eigenvalue weighted by molar-refractivity contribution is 5.76. The van der Waals surface area contributed by atoms with E-state index in [1.807, 2.05) is 0 Å². The van der Waals surface area contributed by atoms with Crippen LogP contribution in [0.15, 0.2) is 0 Å². The fourth-order valence-corrected chi connectivity index (χ4v) is 9.58. The van der Waals surface area contributed by atoms with E-state index in [1.165, 1.54) is 250 Å². The first-order valence-corrected chi connectivity index (χ1v) is 29.8. The van der Waals surface area contributed by atoms with Gasteiger partial charge in [0.05, 0.1) is 25.4 Å². The maximum absolute atomic E-state index is 12.5. The fourth-order valence-electron chi connectivity index (χ4n) is 9.58. The van der Waals surface area contributed by atoms with Gasteiger partial charge in [0, 0.05) is 12.8 Å². The predicted molar refractivity (Wildman–Crippen MR) is 283 cm³/mol. The molecule has 6 heteroatoms. The molecule has 0 aliphatic rings. The van der Waals surface area contributed by atoms with Crippen LogP contribution in [0, 0.1) is 0 Å². The number of ether oxygens (including phenoxy) is 1. The van der Waals surface area contributed by atoms with Crippen LogP contribution < -0.4 is 5.32 Å². The zero-order valence-corrected chi connectivity index (χ0v) is 44.3. The smallest absolute Gasteiger partial charge is 0.305 e. The van der Waals surface area contributed by atoms with Crippen LogP contribution >= 0.6 is 0 Å². The van der Waals surface area contributed by atoms with Crippen LogP contribution in [-0.2, 0) is 14.3 Å². The van der Waals surface area contributed by atoms with Crippen LogP contribution in [0.2, 0.25) is 0 Å². The van der Waals surface area contributed by atoms with Crippen molar-refractivity contribution < 1.29 is 24.5 Å². The van der Waals surface area contributed by atoms with E-state index in [9.17, 15) is 19.8 Å². The Morgan fingerprint density at radius 2 is 0.631 bits per heavy atom. The minimum Gasteiger partial charge on any atom is -0.466 e. The van der Waals surface area contributed by atoms with Gasteiger partial charge in [-0.3, -0.25) is 9.59 Å². The van der Waals surface area contributed by atoms with Crippen molar-refractivity contribution in [2.24, 2.45) is 0 Å². The van der Waals surface area contributed by atoms with Gasteiger partial charge in [0.1, 0.15) is 0 Å². The van der Waals surface area contributed by atoms with Crippen molar-refractivity contribution in [2.75, 3.05) is 13.2 Å². The van der Waals surface area contributed by atoms with Gasteiger partial charge in [-0.25, -0.2) is 0 Å². The van der Waals surface area contributed by atoms with E-state index in [2.05, 4.69) is 19.2 Å². The Labute approximate surface area is 406 Å². The van der Waals surface area contributed by atoms with Gasteiger partial charge in [0.15, 0.2) is 0 Å². The van der Waals surface area contributed by atoms with Crippen molar-refractivity contribution >= 4 is 11.9 Å². The van der Waals surface area contributed by atoms with E-state index < -0.39 is 12.1 Å². The van der Waals surface area contributed by atoms with Crippen LogP contribution in [0.5, 0.6) is 0 Å². The third kappa shape index (κ3) is 52.1. The SMILES string of the molecule is CCCCCCCCCCCCCCCCCCCCCCCCCCC(O)C(CO)NC(=O)CCCCCCCCCCCOC(=O)CCCCCCCCCCCCCCCCC. The van der Waals surface area contributed by atoms with Gasteiger partial charge in [-0.15, -0.1) is 0 Å². The molecular weight excluding hydrogens is 803 g/mol. The van der Waals surface area contributed by atoms with Gasteiger partial charge in [0.25, 0.3) is 0 Å². The summed E-state index contributed by atoms with van der Waals surface area (Å²) in [7, 11) is 0. The number of nitrogens with one attached hydrogen (secondary N) is 1. The summed E-state index contributed by atoms with van der Waals surface area (Å²) >= 11 is 0. The molecule has 0 radical (unpaired) electrons. The Morgan fingerprint density at radius 1 is 0.369 bits per heavy atom. The lowest BCUT2D eigenvalue weighted by Crippen LogP contribution is -2.45. The lowest BCUT2D eigenvalue weighted by Gasteiger charge is -2.22. The maximum Gasteiger partial charge on any atom is 0.305 e. The van der Waals surface area contributed by atoms with Gasteiger partial charge in [0.2, 0.25) is 5.91 Å². The number of hydrogen-bond acceptors (Lipinski definition) is 5. The number of rotatable bonds is 56. The van der Waals surface area contributed by atoms with E-state index in [4.69, 9.17) is 4.74 Å². The summed E-state index contributed by atoms with van der Waals surface area (Å²) in [6, 6.07) is -0.561. The third-order valence-corrected chi connectivity index (χ3v) is 14.2. The molecule has 6 nitrogen and oxygen atoms in total. The first-order valence-electron chi connectivity index (χ1n) is 29.8. The molecular formula is C59H117NO5. The largest absolute Gasteiger partial charge is 0.466 e. The summed E-state index contributed by atoms with van der Waals surface area (Å²) in [6.45, 7) is 4.93. The standard InChI is InChI=1S/C59H117NO5/c1-3-5-7-9-11-13-15-17-19-20-21-22-23-24-25-26-27-29-30-32-35-39-43-47-51-57(62)56(55-61)60-58(63)52-48-44-40-36-34-38-42-46-50-54-65-59(64)53-49-45-41-37-33-31-28-18-16-14-12-10-8-6-4-2/h56-57,61-62H,3-55H2,1-2H3,(H,60,63). The highest BCUT2D eigenvalue weighted by Crippen LogP contribution is 2.18. The summed E-state index contributed by atoms with van der Waals surface area (Å²) in [5.41, 5.74) is 0. The molecule has 0 rings (SSSR count). The second-order valence-corrected chi connectivity index (χ2v) is 20.7. The molecule has 0 spiro atoms. The molecule has 2 unspecified atom stereocenters. The van der Waals surface area contributed by atoms with Gasteiger partial charge < -0.3 is 20.3 Å². The van der Waals surface area contributed by atoms with Crippen molar-refractivity contribution in [1.29, 1.82) is 0 Å². The molecule has 65 heavy (non-hydrogen) atoms. The minimum absolute atomic E-state index is 0.0203. The van der Waals surface area contributed by atoms with Crippen LogP contribution in [-0.4, -0.2) is 47.4 Å². The highest BCUT2D eigenvalue weighted by atomic mass is 16.5. The molecule has 1 amide bonds. The van der Waals surface area contributed by atoms with E-state index >= 15 is 0 Å². The van der Waals surface area contributed by atoms with Gasteiger partial charge in [-0.05, 0) is 25.7 Å². The molecule has 0 fully saturated rings. The fraction of sp³-hybridized carbons (Fsp3) is 0.966. The van der Waals surface area contributed by atoms with Crippen molar-refractivity contribution in [1.82, 2.24) is 5.32 Å². The minimum atomic E-state index is -0.681. The van der Waals surface area contributed by atoms with Gasteiger partial charge in [-0.1, -0.05) is 303 Å². The number of hydrogen-bond donors (Lipinski definition) is 3. The molecule has 0 aliphatic heterocycles. The number of carbonyl (C=O) groups is 2. The van der Waals surface area contributed by atoms with Gasteiger partial charge in [-0.2, -0.15) is 0 Å². The maximum atomic E-state index is 12.5. The van der Waals surface area contributed by atoms with Crippen molar-refractivity contribution in [3.8, 4) is 0 Å². The predicted octanol–water partition coefficient (Wildman–Crippen LogP) is 18.3. The first-order chi connectivity index (χ1) is 32.0. The summed E-state index contributed by atoms with van der Waals surface area (Å²) < 4.78 is 5.47. The summed E-state index contributed by atoms with van der Waals surface area (Å²) in [5, 5.41) is 23.3. The van der Waals surface area contributed by atoms with Crippen LogP contribution in [0.25, 0.3) is 0 Å². The summed E-state index contributed by atoms with van der Waals surface area (Å²) in [4.78, 5) is 24.6. The average Bonchev–Trinajstić information content (AvgIpc) is 3.31. The summed E-state index contributed by atoms with van der Waals surface area (Å²) in [6.07, 6.45) is 63.8. The van der Waals surface area contributed by atoms with E-state index in [0.717, 1.165) is 57.8 Å². The lowest BCUT2D eigenvalue weighted by atomic mass is 10.0. The van der Waals surface area contributed by atoms with E-state index in [-0.39, 0.29) is 18.5 Å². The molecule has 0 aromatic heterocycles. The van der Waals surface area contributed by atoms with Crippen molar-refractivity contribution in [3.63, 3.8) is 0 Å². The number of unbranched alkanes of at least 4 members (excludes halogenated alkanes) is 45. The number of aliphatic hydroxyl groups excluding tert-OH is 2.